The second-order valence-electron chi connectivity index (χ2n) is 7.65. The van der Waals surface area contributed by atoms with Gasteiger partial charge in [0.05, 0.1) is 16.3 Å². The van der Waals surface area contributed by atoms with E-state index in [1.807, 2.05) is 12.1 Å². The highest BCUT2D eigenvalue weighted by atomic mass is 35.5. The van der Waals surface area contributed by atoms with Crippen molar-refractivity contribution in [3.63, 3.8) is 0 Å². The number of nitrogens with zero attached hydrogens (tertiary/aromatic N) is 1. The predicted octanol–water partition coefficient (Wildman–Crippen LogP) is 4.93. The molecule has 0 saturated heterocycles. The van der Waals surface area contributed by atoms with E-state index in [-0.39, 0.29) is 22.0 Å². The molecule has 0 spiro atoms. The molecule has 1 amide bonds. The molecule has 7 nitrogen and oxygen atoms in total. The summed E-state index contributed by atoms with van der Waals surface area (Å²) in [6, 6.07) is 17.6. The van der Waals surface area contributed by atoms with Gasteiger partial charge in [-0.3, -0.25) is 9.10 Å². The summed E-state index contributed by atoms with van der Waals surface area (Å²) < 4.78 is 33.3. The summed E-state index contributed by atoms with van der Waals surface area (Å²) in [4.78, 5) is 24.9. The number of para-hydroxylation sites is 1. The third kappa shape index (κ3) is 4.89. The monoisotopic (exact) mass is 518 g/mol. The molecule has 0 aliphatic carbocycles. The number of benzene rings is 3. The summed E-state index contributed by atoms with van der Waals surface area (Å²) >= 11 is 12.1. The Hall–Kier alpha value is -3.07. The van der Waals surface area contributed by atoms with Crippen LogP contribution in [-0.4, -0.2) is 32.9 Å². The lowest BCUT2D eigenvalue weighted by Gasteiger charge is -2.21. The Bertz CT molecular complexity index is 1380. The van der Waals surface area contributed by atoms with Crippen LogP contribution in [0.1, 0.15) is 22.8 Å². The van der Waals surface area contributed by atoms with Gasteiger partial charge in [0.25, 0.3) is 15.9 Å². The van der Waals surface area contributed by atoms with Crippen molar-refractivity contribution in [3.8, 4) is 0 Å². The molecule has 3 aromatic rings. The van der Waals surface area contributed by atoms with Crippen molar-refractivity contribution in [3.05, 3.63) is 87.9 Å². The van der Waals surface area contributed by atoms with E-state index in [2.05, 4.69) is 5.32 Å². The van der Waals surface area contributed by atoms with Crippen LogP contribution in [0.15, 0.2) is 71.6 Å². The highest BCUT2D eigenvalue weighted by Crippen LogP contribution is 2.35. The summed E-state index contributed by atoms with van der Waals surface area (Å²) in [6.07, 6.45) is -0.568. The maximum absolute atomic E-state index is 13.4. The number of rotatable bonds is 6. The minimum absolute atomic E-state index is 0.0207. The molecule has 4 rings (SSSR count). The molecule has 0 aromatic heterocycles. The number of carbonyl (C=O) groups excluding carboxylic acids is 2. The molecule has 0 radical (unpaired) electrons. The molecule has 0 fully saturated rings. The van der Waals surface area contributed by atoms with Crippen LogP contribution in [-0.2, 0) is 26.0 Å². The van der Waals surface area contributed by atoms with E-state index >= 15 is 0 Å². The van der Waals surface area contributed by atoms with Crippen LogP contribution in [0.5, 0.6) is 0 Å². The number of esters is 1. The molecule has 1 aliphatic rings. The Balaban J connectivity index is 1.52. The largest absolute Gasteiger partial charge is 0.449 e. The van der Waals surface area contributed by atoms with Gasteiger partial charge in [0, 0.05) is 17.3 Å². The van der Waals surface area contributed by atoms with Gasteiger partial charge in [-0.2, -0.15) is 0 Å². The fourth-order valence-corrected chi connectivity index (χ4v) is 5.79. The summed E-state index contributed by atoms with van der Waals surface area (Å²) in [5.74, 6) is -1.42. The van der Waals surface area contributed by atoms with Gasteiger partial charge in [-0.05, 0) is 61.4 Å². The predicted molar refractivity (Wildman–Crippen MR) is 131 cm³/mol. The minimum atomic E-state index is -4.03. The van der Waals surface area contributed by atoms with E-state index in [1.54, 1.807) is 36.4 Å². The van der Waals surface area contributed by atoms with Crippen molar-refractivity contribution in [2.75, 3.05) is 16.2 Å². The van der Waals surface area contributed by atoms with Gasteiger partial charge in [0.1, 0.15) is 4.90 Å². The first-order valence-corrected chi connectivity index (χ1v) is 12.5. The van der Waals surface area contributed by atoms with Crippen LogP contribution in [0.4, 0.5) is 11.4 Å². The maximum atomic E-state index is 13.4. The Labute approximate surface area is 207 Å². The third-order valence-electron chi connectivity index (χ3n) is 5.32. The standard InChI is InChI=1S/C24H20Cl2N2O5S/c1-15(23(29)27-19-7-4-6-18(25)14-19)33-24(30)17-9-10-20(26)22(13-17)34(31,32)28-12-11-16-5-2-3-8-21(16)28/h2-10,13-15H,11-12H2,1H3,(H,27,29)/t15-/m0/s1. The van der Waals surface area contributed by atoms with Gasteiger partial charge in [-0.25, -0.2) is 13.2 Å². The molecule has 1 N–H and O–H groups in total. The molecule has 176 valence electrons. The number of amides is 1. The Morgan fingerprint density at radius 3 is 2.56 bits per heavy atom. The van der Waals surface area contributed by atoms with Gasteiger partial charge < -0.3 is 10.1 Å². The second-order valence-corrected chi connectivity index (χ2v) is 10.3. The number of fused-ring (bicyclic) bond motifs is 1. The Morgan fingerprint density at radius 2 is 1.79 bits per heavy atom. The molecule has 34 heavy (non-hydrogen) atoms. The molecule has 1 heterocycles. The molecule has 0 unspecified atom stereocenters. The van der Waals surface area contributed by atoms with E-state index in [0.717, 1.165) is 5.56 Å². The van der Waals surface area contributed by atoms with Crippen molar-refractivity contribution < 1.29 is 22.7 Å². The topological polar surface area (TPSA) is 92.8 Å². The first-order chi connectivity index (χ1) is 16.2. The van der Waals surface area contributed by atoms with Gasteiger partial charge in [-0.1, -0.05) is 47.5 Å². The third-order valence-corrected chi connectivity index (χ3v) is 7.85. The summed E-state index contributed by atoms with van der Waals surface area (Å²) in [7, 11) is -4.03. The average Bonchev–Trinajstić information content (AvgIpc) is 3.24. The van der Waals surface area contributed by atoms with E-state index in [0.29, 0.717) is 22.8 Å². The summed E-state index contributed by atoms with van der Waals surface area (Å²) in [5.41, 5.74) is 1.90. The van der Waals surface area contributed by atoms with Crippen molar-refractivity contribution in [2.24, 2.45) is 0 Å². The number of nitrogens with one attached hydrogen (secondary N) is 1. The quantitative estimate of drug-likeness (QED) is 0.467. The van der Waals surface area contributed by atoms with E-state index in [9.17, 15) is 18.0 Å². The van der Waals surface area contributed by atoms with Gasteiger partial charge in [0.2, 0.25) is 0 Å². The first kappa shape index (κ1) is 24.1. The minimum Gasteiger partial charge on any atom is -0.449 e. The molecular weight excluding hydrogens is 499 g/mol. The van der Waals surface area contributed by atoms with Crippen molar-refractivity contribution >= 4 is 56.5 Å². The van der Waals surface area contributed by atoms with Crippen LogP contribution in [0.3, 0.4) is 0 Å². The fraction of sp³-hybridized carbons (Fsp3) is 0.167. The smallest absolute Gasteiger partial charge is 0.338 e. The lowest BCUT2D eigenvalue weighted by Crippen LogP contribution is -2.31. The van der Waals surface area contributed by atoms with Crippen LogP contribution in [0.2, 0.25) is 10.0 Å². The van der Waals surface area contributed by atoms with Crippen LogP contribution in [0, 0.1) is 0 Å². The van der Waals surface area contributed by atoms with E-state index < -0.39 is 28.0 Å². The number of sulfonamides is 1. The highest BCUT2D eigenvalue weighted by Gasteiger charge is 2.33. The van der Waals surface area contributed by atoms with Crippen molar-refractivity contribution in [1.29, 1.82) is 0 Å². The average molecular weight is 519 g/mol. The molecular formula is C24H20Cl2N2O5S. The van der Waals surface area contributed by atoms with Crippen LogP contribution in [0.25, 0.3) is 0 Å². The number of hydrogen-bond donors (Lipinski definition) is 1. The zero-order valence-corrected chi connectivity index (χ0v) is 20.3. The van der Waals surface area contributed by atoms with Gasteiger partial charge in [-0.15, -0.1) is 0 Å². The van der Waals surface area contributed by atoms with Crippen LogP contribution < -0.4 is 9.62 Å². The number of ether oxygens (including phenoxy) is 1. The lowest BCUT2D eigenvalue weighted by molar-refractivity contribution is -0.123. The first-order valence-electron chi connectivity index (χ1n) is 10.3. The van der Waals surface area contributed by atoms with Crippen molar-refractivity contribution in [2.45, 2.75) is 24.3 Å². The highest BCUT2D eigenvalue weighted by molar-refractivity contribution is 7.93. The van der Waals surface area contributed by atoms with Gasteiger partial charge >= 0.3 is 5.97 Å². The molecule has 0 bridgehead atoms. The zero-order valence-electron chi connectivity index (χ0n) is 18.0. The van der Waals surface area contributed by atoms with Gasteiger partial charge in [0.15, 0.2) is 6.10 Å². The van der Waals surface area contributed by atoms with Crippen LogP contribution >= 0.6 is 23.2 Å². The number of anilines is 2. The van der Waals surface area contributed by atoms with Crippen molar-refractivity contribution in [1.82, 2.24) is 0 Å². The maximum Gasteiger partial charge on any atom is 0.338 e. The molecule has 1 aliphatic heterocycles. The SMILES string of the molecule is C[C@H](OC(=O)c1ccc(Cl)c(S(=O)(=O)N2CCc3ccccc32)c1)C(=O)Nc1cccc(Cl)c1. The number of hydrogen-bond acceptors (Lipinski definition) is 5. The number of halogens is 2. The number of carbonyl (C=O) groups is 2. The molecule has 0 saturated carbocycles. The lowest BCUT2D eigenvalue weighted by atomic mass is 10.2. The zero-order chi connectivity index (χ0) is 24.5. The molecule has 1 atom stereocenters. The normalized spacial score (nSPS) is 13.8. The summed E-state index contributed by atoms with van der Waals surface area (Å²) in [6.45, 7) is 1.68. The molecule has 10 heteroatoms. The Kier molecular flexibility index (Phi) is 6.84. The second kappa shape index (κ2) is 9.66. The fourth-order valence-electron chi connectivity index (χ4n) is 3.60. The Morgan fingerprint density at radius 1 is 1.03 bits per heavy atom. The molecule has 3 aromatic carbocycles. The van der Waals surface area contributed by atoms with E-state index in [4.69, 9.17) is 27.9 Å². The summed E-state index contributed by atoms with van der Waals surface area (Å²) in [5, 5.41) is 3.03. The van der Waals surface area contributed by atoms with E-state index in [1.165, 1.54) is 29.4 Å².